The Morgan fingerprint density at radius 3 is 3.25 bits per heavy atom. The van der Waals surface area contributed by atoms with E-state index in [9.17, 15) is 0 Å². The van der Waals surface area contributed by atoms with E-state index < -0.39 is 0 Å². The van der Waals surface area contributed by atoms with Crippen molar-refractivity contribution in [2.75, 3.05) is 6.54 Å². The number of aliphatic imine (C=N–C) groups is 1. The van der Waals surface area contributed by atoms with Crippen LogP contribution in [0, 0.1) is 5.92 Å². The summed E-state index contributed by atoms with van der Waals surface area (Å²) >= 11 is 1.74. The first-order valence-electron chi connectivity index (χ1n) is 2.83. The molecule has 2 atom stereocenters. The van der Waals surface area contributed by atoms with Crippen molar-refractivity contribution in [3.8, 4) is 0 Å². The van der Waals surface area contributed by atoms with Crippen LogP contribution in [0.2, 0.25) is 0 Å². The smallest absolute Gasteiger partial charge is 0.154 e. The predicted octanol–water partition coefficient (Wildman–Crippen LogP) is 0.436. The zero-order chi connectivity index (χ0) is 5.56. The van der Waals surface area contributed by atoms with Gasteiger partial charge in [-0.1, -0.05) is 11.8 Å². The Kier molecular flexibility index (Phi) is 0.821. The Bertz CT molecular complexity index is 143. The summed E-state index contributed by atoms with van der Waals surface area (Å²) in [5.74, 6) is 0.882. The SMILES string of the molecule is NC1=NC[C@@H]2CC2S1. The van der Waals surface area contributed by atoms with Crippen molar-refractivity contribution in [2.45, 2.75) is 11.7 Å². The van der Waals surface area contributed by atoms with Gasteiger partial charge >= 0.3 is 0 Å². The molecule has 1 aliphatic heterocycles. The monoisotopic (exact) mass is 128 g/mol. The lowest BCUT2D eigenvalue weighted by Gasteiger charge is -2.03. The molecule has 1 aliphatic carbocycles. The zero-order valence-corrected chi connectivity index (χ0v) is 5.32. The van der Waals surface area contributed by atoms with E-state index >= 15 is 0 Å². The van der Waals surface area contributed by atoms with Crippen molar-refractivity contribution in [1.82, 2.24) is 0 Å². The van der Waals surface area contributed by atoms with Crippen molar-refractivity contribution < 1.29 is 0 Å². The molecule has 0 radical (unpaired) electrons. The third-order valence-electron chi connectivity index (χ3n) is 1.61. The Morgan fingerprint density at radius 2 is 2.62 bits per heavy atom. The van der Waals surface area contributed by atoms with E-state index in [-0.39, 0.29) is 0 Å². The molecular weight excluding hydrogens is 120 g/mol. The normalized spacial score (nSPS) is 42.8. The highest BCUT2D eigenvalue weighted by Crippen LogP contribution is 2.44. The molecule has 0 aromatic heterocycles. The third kappa shape index (κ3) is 0.616. The van der Waals surface area contributed by atoms with Gasteiger partial charge in [0.1, 0.15) is 0 Å². The maximum Gasteiger partial charge on any atom is 0.154 e. The van der Waals surface area contributed by atoms with Crippen molar-refractivity contribution in [3.63, 3.8) is 0 Å². The molecule has 1 unspecified atom stereocenters. The second-order valence-corrected chi connectivity index (χ2v) is 3.59. The summed E-state index contributed by atoms with van der Waals surface area (Å²) < 4.78 is 0. The largest absolute Gasteiger partial charge is 0.379 e. The van der Waals surface area contributed by atoms with Gasteiger partial charge in [0.15, 0.2) is 5.17 Å². The lowest BCUT2D eigenvalue weighted by molar-refractivity contribution is 0.848. The highest BCUT2D eigenvalue weighted by molar-refractivity contribution is 8.14. The van der Waals surface area contributed by atoms with E-state index in [1.807, 2.05) is 0 Å². The molecule has 2 aliphatic rings. The van der Waals surface area contributed by atoms with Crippen molar-refractivity contribution in [2.24, 2.45) is 16.6 Å². The van der Waals surface area contributed by atoms with Gasteiger partial charge in [0.25, 0.3) is 0 Å². The van der Waals surface area contributed by atoms with Gasteiger partial charge in [-0.25, -0.2) is 0 Å². The van der Waals surface area contributed by atoms with Crippen LogP contribution < -0.4 is 5.73 Å². The van der Waals surface area contributed by atoms with Crippen LogP contribution in [0.1, 0.15) is 6.42 Å². The first-order chi connectivity index (χ1) is 3.86. The van der Waals surface area contributed by atoms with Gasteiger partial charge in [0, 0.05) is 11.8 Å². The summed E-state index contributed by atoms with van der Waals surface area (Å²) in [5, 5.41) is 1.64. The number of rotatable bonds is 0. The molecule has 3 heteroatoms. The fourth-order valence-corrected chi connectivity index (χ4v) is 2.04. The summed E-state index contributed by atoms with van der Waals surface area (Å²) in [6, 6.07) is 0. The second-order valence-electron chi connectivity index (χ2n) is 2.33. The van der Waals surface area contributed by atoms with Gasteiger partial charge in [-0.2, -0.15) is 0 Å². The number of fused-ring (bicyclic) bond motifs is 1. The predicted molar refractivity (Wildman–Crippen MR) is 36.0 cm³/mol. The van der Waals surface area contributed by atoms with Crippen LogP contribution in [-0.2, 0) is 0 Å². The van der Waals surface area contributed by atoms with Gasteiger partial charge in [-0.3, -0.25) is 4.99 Å². The van der Waals surface area contributed by atoms with Crippen LogP contribution in [0.15, 0.2) is 4.99 Å². The lowest BCUT2D eigenvalue weighted by Crippen LogP contribution is -2.13. The minimum absolute atomic E-state index is 0.795. The minimum atomic E-state index is 0.795. The van der Waals surface area contributed by atoms with E-state index in [4.69, 9.17) is 5.73 Å². The Morgan fingerprint density at radius 1 is 1.75 bits per heavy atom. The van der Waals surface area contributed by atoms with E-state index in [1.54, 1.807) is 11.8 Å². The van der Waals surface area contributed by atoms with E-state index in [0.717, 1.165) is 22.9 Å². The number of hydrogen-bond donors (Lipinski definition) is 1. The molecule has 1 heterocycles. The lowest BCUT2D eigenvalue weighted by atomic mass is 10.4. The Hall–Kier alpha value is -0.180. The van der Waals surface area contributed by atoms with Crippen LogP contribution in [0.25, 0.3) is 0 Å². The van der Waals surface area contributed by atoms with Crippen molar-refractivity contribution in [1.29, 1.82) is 0 Å². The first-order valence-corrected chi connectivity index (χ1v) is 3.71. The zero-order valence-electron chi connectivity index (χ0n) is 4.50. The number of hydrogen-bond acceptors (Lipinski definition) is 3. The molecule has 0 aromatic carbocycles. The van der Waals surface area contributed by atoms with E-state index in [1.165, 1.54) is 6.42 Å². The summed E-state index contributed by atoms with van der Waals surface area (Å²) in [4.78, 5) is 4.11. The number of nitrogens with two attached hydrogens (primary N) is 1. The van der Waals surface area contributed by atoms with Crippen LogP contribution in [0.3, 0.4) is 0 Å². The van der Waals surface area contributed by atoms with Crippen LogP contribution in [0.4, 0.5) is 0 Å². The fraction of sp³-hybridized carbons (Fsp3) is 0.800. The molecular formula is C5H8N2S. The molecule has 0 aromatic rings. The highest BCUT2D eigenvalue weighted by atomic mass is 32.2. The second kappa shape index (κ2) is 1.41. The van der Waals surface area contributed by atoms with E-state index in [0.29, 0.717) is 0 Å². The third-order valence-corrected chi connectivity index (χ3v) is 2.86. The van der Waals surface area contributed by atoms with Gasteiger partial charge in [0.2, 0.25) is 0 Å². The first kappa shape index (κ1) is 4.68. The fourth-order valence-electron chi connectivity index (χ4n) is 0.956. The summed E-state index contributed by atoms with van der Waals surface area (Å²) in [5.41, 5.74) is 5.46. The summed E-state index contributed by atoms with van der Waals surface area (Å²) in [7, 11) is 0. The minimum Gasteiger partial charge on any atom is -0.379 e. The Balaban J connectivity index is 2.10. The maximum absolute atomic E-state index is 5.46. The van der Waals surface area contributed by atoms with Crippen LogP contribution >= 0.6 is 11.8 Å². The van der Waals surface area contributed by atoms with Crippen LogP contribution in [0.5, 0.6) is 0 Å². The number of nitrogens with zero attached hydrogens (tertiary/aromatic N) is 1. The molecule has 0 amide bonds. The van der Waals surface area contributed by atoms with Gasteiger partial charge in [-0.05, 0) is 12.3 Å². The van der Waals surface area contributed by atoms with Crippen molar-refractivity contribution in [3.05, 3.63) is 0 Å². The van der Waals surface area contributed by atoms with E-state index in [2.05, 4.69) is 4.99 Å². The van der Waals surface area contributed by atoms with Crippen LogP contribution in [-0.4, -0.2) is 17.0 Å². The molecule has 0 spiro atoms. The summed E-state index contributed by atoms with van der Waals surface area (Å²) in [6.07, 6.45) is 1.34. The Labute approximate surface area is 52.5 Å². The molecule has 2 N–H and O–H groups in total. The average molecular weight is 128 g/mol. The number of thioether (sulfide) groups is 1. The molecule has 44 valence electrons. The topological polar surface area (TPSA) is 38.4 Å². The average Bonchev–Trinajstić information content (AvgIpc) is 2.43. The molecule has 1 fully saturated rings. The van der Waals surface area contributed by atoms with Gasteiger partial charge in [0.05, 0.1) is 0 Å². The maximum atomic E-state index is 5.46. The standard InChI is InChI=1S/C5H8N2S/c6-5-7-2-3-1-4(3)8-5/h3-4H,1-2H2,(H2,6,7)/t3-,4?/m0/s1. The molecule has 8 heavy (non-hydrogen) atoms. The molecule has 0 saturated heterocycles. The van der Waals surface area contributed by atoms with Gasteiger partial charge in [-0.15, -0.1) is 0 Å². The molecule has 2 rings (SSSR count). The number of amidine groups is 1. The summed E-state index contributed by atoms with van der Waals surface area (Å²) in [6.45, 7) is 0.990. The molecule has 1 saturated carbocycles. The quantitative estimate of drug-likeness (QED) is 0.514. The van der Waals surface area contributed by atoms with Gasteiger partial charge < -0.3 is 5.73 Å². The molecule has 0 bridgehead atoms. The molecule has 2 nitrogen and oxygen atoms in total. The van der Waals surface area contributed by atoms with Crippen molar-refractivity contribution >= 4 is 16.9 Å². The highest BCUT2D eigenvalue weighted by Gasteiger charge is 2.40.